The Labute approximate surface area is 94.4 Å². The number of piperazine rings is 1. The standard InChI is InChI=1S/C13H26N2/c1-3-12-4-6-13(7-5-12)15-9-8-14-11(2)10-15/h11-14H,3-10H2,1-2H3/t11-,12?,13?/m1/s1. The van der Waals surface area contributed by atoms with Gasteiger partial charge in [-0.2, -0.15) is 0 Å². The highest BCUT2D eigenvalue weighted by Crippen LogP contribution is 2.29. The van der Waals surface area contributed by atoms with Crippen molar-refractivity contribution in [3.05, 3.63) is 0 Å². The highest BCUT2D eigenvalue weighted by atomic mass is 15.2. The molecule has 0 spiro atoms. The van der Waals surface area contributed by atoms with Crippen molar-refractivity contribution >= 4 is 0 Å². The highest BCUT2D eigenvalue weighted by molar-refractivity contribution is 4.84. The molecule has 1 saturated carbocycles. The van der Waals surface area contributed by atoms with Gasteiger partial charge in [0, 0.05) is 31.7 Å². The number of hydrogen-bond acceptors (Lipinski definition) is 2. The molecule has 2 aliphatic rings. The van der Waals surface area contributed by atoms with Crippen molar-refractivity contribution in [2.45, 2.75) is 58.0 Å². The van der Waals surface area contributed by atoms with Crippen molar-refractivity contribution < 1.29 is 0 Å². The molecule has 1 aliphatic heterocycles. The molecule has 0 aromatic heterocycles. The summed E-state index contributed by atoms with van der Waals surface area (Å²) >= 11 is 0. The average molecular weight is 210 g/mol. The van der Waals surface area contributed by atoms with Crippen LogP contribution in [0.4, 0.5) is 0 Å². The Morgan fingerprint density at radius 1 is 1.20 bits per heavy atom. The molecule has 1 aliphatic carbocycles. The maximum absolute atomic E-state index is 3.53. The fraction of sp³-hybridized carbons (Fsp3) is 1.00. The zero-order chi connectivity index (χ0) is 10.7. The lowest BCUT2D eigenvalue weighted by Crippen LogP contribution is -2.53. The molecule has 0 radical (unpaired) electrons. The van der Waals surface area contributed by atoms with Crippen LogP contribution in [0.5, 0.6) is 0 Å². The van der Waals surface area contributed by atoms with E-state index in [1.165, 1.54) is 51.7 Å². The molecule has 0 aromatic carbocycles. The zero-order valence-corrected chi connectivity index (χ0v) is 10.3. The predicted octanol–water partition coefficient (Wildman–Crippen LogP) is 2.25. The number of hydrogen-bond donors (Lipinski definition) is 1. The summed E-state index contributed by atoms with van der Waals surface area (Å²) in [5.41, 5.74) is 0. The Morgan fingerprint density at radius 2 is 1.93 bits per heavy atom. The molecule has 0 aromatic rings. The smallest absolute Gasteiger partial charge is 0.0167 e. The average Bonchev–Trinajstić information content (AvgIpc) is 2.29. The third-order valence-electron chi connectivity index (χ3n) is 4.31. The topological polar surface area (TPSA) is 15.3 Å². The minimum absolute atomic E-state index is 0.697. The van der Waals surface area contributed by atoms with E-state index in [0.29, 0.717) is 6.04 Å². The summed E-state index contributed by atoms with van der Waals surface area (Å²) in [7, 11) is 0. The van der Waals surface area contributed by atoms with Gasteiger partial charge in [-0.1, -0.05) is 13.3 Å². The van der Waals surface area contributed by atoms with Crippen LogP contribution in [-0.2, 0) is 0 Å². The van der Waals surface area contributed by atoms with Crippen LogP contribution >= 0.6 is 0 Å². The molecule has 2 heteroatoms. The van der Waals surface area contributed by atoms with Crippen molar-refractivity contribution in [3.8, 4) is 0 Å². The van der Waals surface area contributed by atoms with Gasteiger partial charge in [0.05, 0.1) is 0 Å². The number of rotatable bonds is 2. The first-order chi connectivity index (χ1) is 7.29. The number of nitrogens with zero attached hydrogens (tertiary/aromatic N) is 1. The van der Waals surface area contributed by atoms with E-state index in [1.54, 1.807) is 0 Å². The van der Waals surface area contributed by atoms with E-state index in [-0.39, 0.29) is 0 Å². The molecule has 0 amide bonds. The van der Waals surface area contributed by atoms with Crippen molar-refractivity contribution in [2.75, 3.05) is 19.6 Å². The summed E-state index contributed by atoms with van der Waals surface area (Å²) in [6.07, 6.45) is 7.24. The second-order valence-electron chi connectivity index (χ2n) is 5.43. The van der Waals surface area contributed by atoms with E-state index in [1.807, 2.05) is 0 Å². The van der Waals surface area contributed by atoms with Crippen molar-refractivity contribution in [2.24, 2.45) is 5.92 Å². The van der Waals surface area contributed by atoms with Gasteiger partial charge in [0.15, 0.2) is 0 Å². The van der Waals surface area contributed by atoms with Crippen LogP contribution in [0.25, 0.3) is 0 Å². The summed E-state index contributed by atoms with van der Waals surface area (Å²) in [5, 5.41) is 3.53. The Bertz CT molecular complexity index is 185. The quantitative estimate of drug-likeness (QED) is 0.752. The van der Waals surface area contributed by atoms with Gasteiger partial charge in [-0.25, -0.2) is 0 Å². The van der Waals surface area contributed by atoms with Gasteiger partial charge < -0.3 is 5.32 Å². The van der Waals surface area contributed by atoms with E-state index in [4.69, 9.17) is 0 Å². The van der Waals surface area contributed by atoms with Gasteiger partial charge in [-0.05, 0) is 38.5 Å². The van der Waals surface area contributed by atoms with Crippen LogP contribution in [0.3, 0.4) is 0 Å². The maximum Gasteiger partial charge on any atom is 0.0167 e. The van der Waals surface area contributed by atoms with Gasteiger partial charge in [0.25, 0.3) is 0 Å². The highest BCUT2D eigenvalue weighted by Gasteiger charge is 2.27. The monoisotopic (exact) mass is 210 g/mol. The lowest BCUT2D eigenvalue weighted by molar-refractivity contribution is 0.105. The minimum Gasteiger partial charge on any atom is -0.312 e. The molecule has 1 heterocycles. The fourth-order valence-corrected chi connectivity index (χ4v) is 3.21. The Kier molecular flexibility index (Phi) is 4.04. The largest absolute Gasteiger partial charge is 0.312 e. The Hall–Kier alpha value is -0.0800. The summed E-state index contributed by atoms with van der Waals surface area (Å²) < 4.78 is 0. The molecule has 1 atom stereocenters. The van der Waals surface area contributed by atoms with Crippen LogP contribution in [0.2, 0.25) is 0 Å². The van der Waals surface area contributed by atoms with E-state index in [0.717, 1.165) is 12.0 Å². The van der Waals surface area contributed by atoms with Crippen molar-refractivity contribution in [1.82, 2.24) is 10.2 Å². The summed E-state index contributed by atoms with van der Waals surface area (Å²) in [6, 6.07) is 1.60. The molecule has 1 N–H and O–H groups in total. The lowest BCUT2D eigenvalue weighted by atomic mass is 9.83. The third kappa shape index (κ3) is 2.94. The molecule has 2 nitrogen and oxygen atoms in total. The van der Waals surface area contributed by atoms with Gasteiger partial charge in [-0.15, -0.1) is 0 Å². The van der Waals surface area contributed by atoms with Crippen molar-refractivity contribution in [1.29, 1.82) is 0 Å². The molecular weight excluding hydrogens is 184 g/mol. The zero-order valence-electron chi connectivity index (χ0n) is 10.3. The molecule has 0 bridgehead atoms. The maximum atomic E-state index is 3.53. The van der Waals surface area contributed by atoms with E-state index in [2.05, 4.69) is 24.1 Å². The number of nitrogens with one attached hydrogen (secondary N) is 1. The fourth-order valence-electron chi connectivity index (χ4n) is 3.21. The lowest BCUT2D eigenvalue weighted by Gasteiger charge is -2.41. The van der Waals surface area contributed by atoms with Crippen LogP contribution in [0.15, 0.2) is 0 Å². The van der Waals surface area contributed by atoms with Crippen LogP contribution in [-0.4, -0.2) is 36.6 Å². The normalized spacial score (nSPS) is 39.2. The molecule has 88 valence electrons. The van der Waals surface area contributed by atoms with E-state index in [9.17, 15) is 0 Å². The van der Waals surface area contributed by atoms with Crippen LogP contribution < -0.4 is 5.32 Å². The van der Waals surface area contributed by atoms with Crippen LogP contribution in [0, 0.1) is 5.92 Å². The minimum atomic E-state index is 0.697. The van der Waals surface area contributed by atoms with Gasteiger partial charge in [-0.3, -0.25) is 4.90 Å². The Morgan fingerprint density at radius 3 is 2.53 bits per heavy atom. The van der Waals surface area contributed by atoms with Gasteiger partial charge in [0.2, 0.25) is 0 Å². The molecule has 0 unspecified atom stereocenters. The van der Waals surface area contributed by atoms with Gasteiger partial charge in [0.1, 0.15) is 0 Å². The summed E-state index contributed by atoms with van der Waals surface area (Å²) in [4.78, 5) is 2.73. The first-order valence-electron chi connectivity index (χ1n) is 6.77. The molecule has 15 heavy (non-hydrogen) atoms. The van der Waals surface area contributed by atoms with E-state index < -0.39 is 0 Å². The molecule has 2 rings (SSSR count). The van der Waals surface area contributed by atoms with Gasteiger partial charge >= 0.3 is 0 Å². The second kappa shape index (κ2) is 5.31. The second-order valence-corrected chi connectivity index (χ2v) is 5.43. The van der Waals surface area contributed by atoms with E-state index >= 15 is 0 Å². The SMILES string of the molecule is CCC1CCC(N2CCN[C@H](C)C2)CC1. The first-order valence-corrected chi connectivity index (χ1v) is 6.77. The van der Waals surface area contributed by atoms with Crippen LogP contribution in [0.1, 0.15) is 46.0 Å². The van der Waals surface area contributed by atoms with Crippen molar-refractivity contribution in [3.63, 3.8) is 0 Å². The molecular formula is C13H26N2. The first kappa shape index (κ1) is 11.4. The third-order valence-corrected chi connectivity index (χ3v) is 4.31. The predicted molar refractivity (Wildman–Crippen MR) is 65.1 cm³/mol. The molecule has 1 saturated heterocycles. The Balaban J connectivity index is 1.79. The summed E-state index contributed by atoms with van der Waals surface area (Å²) in [6.45, 7) is 8.38. The summed E-state index contributed by atoms with van der Waals surface area (Å²) in [5.74, 6) is 1.03. The molecule has 2 fully saturated rings.